The zero-order chi connectivity index (χ0) is 11.3. The smallest absolute Gasteiger partial charge is 0.174 e. The molecule has 0 amide bonds. The molecule has 1 atom stereocenters. The zero-order valence-electron chi connectivity index (χ0n) is 8.63. The van der Waals surface area contributed by atoms with E-state index in [4.69, 9.17) is 27.9 Å². The number of methoxy groups -OCH3 is 1. The minimum Gasteiger partial charge on any atom is -0.385 e. The van der Waals surface area contributed by atoms with Crippen molar-refractivity contribution in [3.05, 3.63) is 16.4 Å². The number of nitrogens with one attached hydrogen (secondary N) is 1. The summed E-state index contributed by atoms with van der Waals surface area (Å²) in [6.45, 7) is 2.72. The van der Waals surface area contributed by atoms with Crippen LogP contribution >= 0.6 is 23.2 Å². The van der Waals surface area contributed by atoms with Gasteiger partial charge in [-0.2, -0.15) is 0 Å². The van der Waals surface area contributed by atoms with E-state index in [2.05, 4.69) is 15.5 Å². The first-order chi connectivity index (χ1) is 7.13. The average Bonchev–Trinajstić information content (AvgIpc) is 2.20. The van der Waals surface area contributed by atoms with E-state index in [1.54, 1.807) is 13.2 Å². The van der Waals surface area contributed by atoms with Crippen LogP contribution in [0.25, 0.3) is 0 Å². The van der Waals surface area contributed by atoms with Gasteiger partial charge in [0.15, 0.2) is 10.3 Å². The first kappa shape index (κ1) is 12.5. The maximum absolute atomic E-state index is 5.85. The Bertz CT molecular complexity index is 322. The van der Waals surface area contributed by atoms with E-state index in [9.17, 15) is 0 Å². The highest BCUT2D eigenvalue weighted by Gasteiger charge is 2.07. The molecular weight excluding hydrogens is 237 g/mol. The highest BCUT2D eigenvalue weighted by Crippen LogP contribution is 2.21. The van der Waals surface area contributed by atoms with E-state index in [0.717, 1.165) is 6.42 Å². The van der Waals surface area contributed by atoms with E-state index in [-0.39, 0.29) is 6.04 Å². The number of hydrogen-bond acceptors (Lipinski definition) is 4. The summed E-state index contributed by atoms with van der Waals surface area (Å²) in [6, 6.07) is 1.89. The molecule has 1 rings (SSSR count). The number of ether oxygens (including phenoxy) is 1. The first-order valence-corrected chi connectivity index (χ1v) is 5.33. The van der Waals surface area contributed by atoms with Gasteiger partial charge in [-0.15, -0.1) is 10.2 Å². The molecule has 0 radical (unpaired) electrons. The Balaban J connectivity index is 2.59. The molecule has 0 spiro atoms. The lowest BCUT2D eigenvalue weighted by Crippen LogP contribution is -2.17. The van der Waals surface area contributed by atoms with Crippen molar-refractivity contribution in [2.24, 2.45) is 0 Å². The van der Waals surface area contributed by atoms with Crippen molar-refractivity contribution in [1.29, 1.82) is 0 Å². The van der Waals surface area contributed by atoms with Gasteiger partial charge in [-0.05, 0) is 13.3 Å². The molecule has 0 aliphatic heterocycles. The van der Waals surface area contributed by atoms with E-state index < -0.39 is 0 Å². The summed E-state index contributed by atoms with van der Waals surface area (Å²) in [4.78, 5) is 0. The largest absolute Gasteiger partial charge is 0.385 e. The van der Waals surface area contributed by atoms with Gasteiger partial charge < -0.3 is 10.1 Å². The normalized spacial score (nSPS) is 12.5. The molecular formula is C9H13Cl2N3O. The van der Waals surface area contributed by atoms with Crippen LogP contribution in [-0.4, -0.2) is 30.0 Å². The van der Waals surface area contributed by atoms with Crippen molar-refractivity contribution < 1.29 is 4.74 Å². The Morgan fingerprint density at radius 3 is 2.87 bits per heavy atom. The fraction of sp³-hybridized carbons (Fsp3) is 0.556. The van der Waals surface area contributed by atoms with E-state index in [1.807, 2.05) is 6.92 Å². The quantitative estimate of drug-likeness (QED) is 0.872. The maximum Gasteiger partial charge on any atom is 0.174 e. The van der Waals surface area contributed by atoms with Crippen LogP contribution < -0.4 is 5.32 Å². The van der Waals surface area contributed by atoms with Gasteiger partial charge in [0.25, 0.3) is 0 Å². The Kier molecular flexibility index (Phi) is 5.08. The van der Waals surface area contributed by atoms with Gasteiger partial charge in [-0.3, -0.25) is 0 Å². The summed E-state index contributed by atoms with van der Waals surface area (Å²) in [7, 11) is 1.67. The summed E-state index contributed by atoms with van der Waals surface area (Å²) in [5, 5.41) is 11.2. The Hall–Kier alpha value is -0.580. The molecule has 6 heteroatoms. The molecule has 0 saturated carbocycles. The van der Waals surface area contributed by atoms with Gasteiger partial charge in [-0.1, -0.05) is 23.2 Å². The van der Waals surface area contributed by atoms with Crippen molar-refractivity contribution in [3.8, 4) is 0 Å². The molecule has 1 aromatic heterocycles. The van der Waals surface area contributed by atoms with Crippen molar-refractivity contribution in [2.45, 2.75) is 19.4 Å². The second-order valence-electron chi connectivity index (χ2n) is 3.20. The number of nitrogens with zero attached hydrogens (tertiary/aromatic N) is 2. The number of hydrogen-bond donors (Lipinski definition) is 1. The molecule has 1 N–H and O–H groups in total. The number of anilines is 1. The minimum atomic E-state index is 0.239. The van der Waals surface area contributed by atoms with Crippen LogP contribution in [0.3, 0.4) is 0 Å². The van der Waals surface area contributed by atoms with Gasteiger partial charge in [0.1, 0.15) is 0 Å². The SMILES string of the molecule is COCCC(C)Nc1cc(Cl)nnc1Cl. The minimum absolute atomic E-state index is 0.239. The molecule has 1 heterocycles. The van der Waals surface area contributed by atoms with Crippen molar-refractivity contribution in [2.75, 3.05) is 19.0 Å². The molecule has 0 aromatic carbocycles. The molecule has 0 saturated heterocycles. The topological polar surface area (TPSA) is 47.0 Å². The zero-order valence-corrected chi connectivity index (χ0v) is 10.1. The van der Waals surface area contributed by atoms with Crippen molar-refractivity contribution in [3.63, 3.8) is 0 Å². The van der Waals surface area contributed by atoms with Crippen LogP contribution in [0.4, 0.5) is 5.69 Å². The number of aromatic nitrogens is 2. The van der Waals surface area contributed by atoms with Crippen LogP contribution in [0, 0.1) is 0 Å². The Morgan fingerprint density at radius 1 is 1.47 bits per heavy atom. The molecule has 84 valence electrons. The summed E-state index contributed by atoms with van der Waals surface area (Å²) in [5.41, 5.74) is 0.695. The first-order valence-electron chi connectivity index (χ1n) is 4.57. The predicted octanol–water partition coefficient (Wildman–Crippen LogP) is 2.62. The maximum atomic E-state index is 5.85. The monoisotopic (exact) mass is 249 g/mol. The fourth-order valence-corrected chi connectivity index (χ4v) is 1.38. The predicted molar refractivity (Wildman–Crippen MR) is 61.6 cm³/mol. The molecule has 0 aliphatic carbocycles. The summed E-state index contributed by atoms with van der Waals surface area (Å²) >= 11 is 11.6. The second kappa shape index (κ2) is 6.10. The lowest BCUT2D eigenvalue weighted by atomic mass is 10.2. The number of rotatable bonds is 5. The van der Waals surface area contributed by atoms with E-state index in [1.165, 1.54) is 0 Å². The van der Waals surface area contributed by atoms with Gasteiger partial charge >= 0.3 is 0 Å². The van der Waals surface area contributed by atoms with Crippen molar-refractivity contribution in [1.82, 2.24) is 10.2 Å². The van der Waals surface area contributed by atoms with E-state index in [0.29, 0.717) is 22.6 Å². The third-order valence-corrected chi connectivity index (χ3v) is 2.34. The van der Waals surface area contributed by atoms with Gasteiger partial charge in [0.05, 0.1) is 5.69 Å². The van der Waals surface area contributed by atoms with Gasteiger partial charge in [-0.25, -0.2) is 0 Å². The average molecular weight is 250 g/mol. The summed E-state index contributed by atoms with van der Waals surface area (Å²) < 4.78 is 4.98. The molecule has 0 bridgehead atoms. The molecule has 0 aliphatic rings. The summed E-state index contributed by atoms with van der Waals surface area (Å²) in [6.07, 6.45) is 0.882. The van der Waals surface area contributed by atoms with Crippen LogP contribution in [0.5, 0.6) is 0 Å². The highest BCUT2D eigenvalue weighted by atomic mass is 35.5. The molecule has 1 unspecified atom stereocenters. The Morgan fingerprint density at radius 2 is 2.20 bits per heavy atom. The van der Waals surface area contributed by atoms with E-state index >= 15 is 0 Å². The van der Waals surface area contributed by atoms with Crippen LogP contribution in [0.1, 0.15) is 13.3 Å². The fourth-order valence-electron chi connectivity index (χ4n) is 1.09. The molecule has 4 nitrogen and oxygen atoms in total. The standard InChI is InChI=1S/C9H13Cl2N3O/c1-6(3-4-15-2)12-7-5-8(10)13-14-9(7)11/h5-6H,3-4H2,1-2H3,(H,12,13). The summed E-state index contributed by atoms with van der Waals surface area (Å²) in [5.74, 6) is 0. The molecule has 15 heavy (non-hydrogen) atoms. The molecule has 0 fully saturated rings. The number of halogens is 2. The second-order valence-corrected chi connectivity index (χ2v) is 3.94. The Labute approximate surface area is 98.9 Å². The lowest BCUT2D eigenvalue weighted by Gasteiger charge is -2.15. The third-order valence-electron chi connectivity index (χ3n) is 1.88. The van der Waals surface area contributed by atoms with Crippen molar-refractivity contribution >= 4 is 28.9 Å². The van der Waals surface area contributed by atoms with Crippen LogP contribution in [0.15, 0.2) is 6.07 Å². The van der Waals surface area contributed by atoms with Crippen LogP contribution in [0.2, 0.25) is 10.3 Å². The van der Waals surface area contributed by atoms with Gasteiger partial charge in [0, 0.05) is 25.8 Å². The highest BCUT2D eigenvalue weighted by molar-refractivity contribution is 6.33. The van der Waals surface area contributed by atoms with Crippen LogP contribution in [-0.2, 0) is 4.74 Å². The molecule has 1 aromatic rings. The lowest BCUT2D eigenvalue weighted by molar-refractivity contribution is 0.191. The van der Waals surface area contributed by atoms with Gasteiger partial charge in [0.2, 0.25) is 0 Å². The third kappa shape index (κ3) is 4.20.